The molecule has 0 amide bonds. The van der Waals surface area contributed by atoms with Gasteiger partial charge in [0.15, 0.2) is 5.01 Å². The third kappa shape index (κ3) is 2.62. The molecule has 0 spiro atoms. The van der Waals surface area contributed by atoms with Gasteiger partial charge in [0.1, 0.15) is 0 Å². The average molecular weight is 226 g/mol. The maximum absolute atomic E-state index is 11.7. The number of carbonyl (C=O) groups is 1. The minimum atomic E-state index is 0.0867. The van der Waals surface area contributed by atoms with E-state index >= 15 is 0 Å². The van der Waals surface area contributed by atoms with Gasteiger partial charge in [0.25, 0.3) is 0 Å². The Kier molecular flexibility index (Phi) is 3.45. The topological polar surface area (TPSA) is 53.4 Å². The number of Topliss-reactive ketones (excluding diaryl/α,β-unsaturated/α-hetero) is 1. The highest BCUT2D eigenvalue weighted by Crippen LogP contribution is 2.16. The number of aliphatic hydroxyl groups excluding tert-OH is 1. The molecule has 1 fully saturated rings. The number of thiazole rings is 1. The molecule has 1 atom stereocenters. The number of aromatic nitrogens is 1. The van der Waals surface area contributed by atoms with Crippen LogP contribution in [0, 0.1) is 5.92 Å². The van der Waals surface area contributed by atoms with E-state index in [-0.39, 0.29) is 12.4 Å². The fourth-order valence-electron chi connectivity index (χ4n) is 1.84. The van der Waals surface area contributed by atoms with Gasteiger partial charge in [-0.1, -0.05) is 0 Å². The molecule has 1 aliphatic rings. The molecule has 1 aromatic rings. The standard InChI is InChI=1S/C10H14N2O2S/c13-7-8-1-3-12(5-8)6-9(14)10-11-2-4-15-10/h2,4,8,13H,1,3,5-7H2/t8-/m0/s1. The molecule has 0 aromatic carbocycles. The Bertz CT molecular complexity index is 326. The molecule has 82 valence electrons. The third-order valence-corrected chi connectivity index (χ3v) is 3.48. The highest BCUT2D eigenvalue weighted by molar-refractivity contribution is 7.11. The van der Waals surface area contributed by atoms with E-state index < -0.39 is 0 Å². The molecule has 0 bridgehead atoms. The number of likely N-dealkylation sites (tertiary alicyclic amines) is 1. The lowest BCUT2D eigenvalue weighted by Gasteiger charge is -2.13. The summed E-state index contributed by atoms with van der Waals surface area (Å²) >= 11 is 1.38. The van der Waals surface area contributed by atoms with Gasteiger partial charge in [0.2, 0.25) is 5.78 Å². The lowest BCUT2D eigenvalue weighted by Crippen LogP contribution is -2.28. The molecule has 2 heterocycles. The summed E-state index contributed by atoms with van der Waals surface area (Å²) in [5, 5.41) is 11.4. The van der Waals surface area contributed by atoms with Gasteiger partial charge in [-0.25, -0.2) is 4.98 Å². The number of ketones is 1. The Morgan fingerprint density at radius 2 is 2.60 bits per heavy atom. The smallest absolute Gasteiger partial charge is 0.205 e. The quantitative estimate of drug-likeness (QED) is 0.765. The first-order valence-corrected chi connectivity index (χ1v) is 5.93. The third-order valence-electron chi connectivity index (χ3n) is 2.67. The first-order chi connectivity index (χ1) is 7.29. The summed E-state index contributed by atoms with van der Waals surface area (Å²) in [4.78, 5) is 17.8. The summed E-state index contributed by atoms with van der Waals surface area (Å²) in [7, 11) is 0. The average Bonchev–Trinajstić information content (AvgIpc) is 2.87. The zero-order valence-electron chi connectivity index (χ0n) is 8.43. The van der Waals surface area contributed by atoms with Gasteiger partial charge in [-0.05, 0) is 18.9 Å². The largest absolute Gasteiger partial charge is 0.396 e. The molecule has 1 aromatic heterocycles. The zero-order valence-corrected chi connectivity index (χ0v) is 9.24. The fraction of sp³-hybridized carbons (Fsp3) is 0.600. The van der Waals surface area contributed by atoms with E-state index in [1.54, 1.807) is 6.20 Å². The molecule has 0 saturated carbocycles. The van der Waals surface area contributed by atoms with Crippen molar-refractivity contribution in [2.45, 2.75) is 6.42 Å². The van der Waals surface area contributed by atoms with Gasteiger partial charge < -0.3 is 5.11 Å². The van der Waals surface area contributed by atoms with E-state index in [4.69, 9.17) is 5.11 Å². The summed E-state index contributed by atoms with van der Waals surface area (Å²) in [6.07, 6.45) is 2.64. The van der Waals surface area contributed by atoms with E-state index in [1.165, 1.54) is 11.3 Å². The van der Waals surface area contributed by atoms with E-state index in [0.29, 0.717) is 17.5 Å². The van der Waals surface area contributed by atoms with Crippen molar-refractivity contribution in [2.24, 2.45) is 5.92 Å². The minimum absolute atomic E-state index is 0.0867. The molecule has 5 heteroatoms. The fourth-order valence-corrected chi connectivity index (χ4v) is 2.41. The van der Waals surface area contributed by atoms with Crippen molar-refractivity contribution in [1.82, 2.24) is 9.88 Å². The van der Waals surface area contributed by atoms with Gasteiger partial charge in [-0.3, -0.25) is 9.69 Å². The van der Waals surface area contributed by atoms with Crippen molar-refractivity contribution >= 4 is 17.1 Å². The van der Waals surface area contributed by atoms with Gasteiger partial charge in [-0.2, -0.15) is 0 Å². The Morgan fingerprint density at radius 1 is 1.73 bits per heavy atom. The second-order valence-corrected chi connectivity index (χ2v) is 4.73. The molecule has 4 nitrogen and oxygen atoms in total. The van der Waals surface area contributed by atoms with Crippen molar-refractivity contribution in [2.75, 3.05) is 26.2 Å². The number of aliphatic hydroxyl groups is 1. The molecule has 1 aliphatic heterocycles. The highest BCUT2D eigenvalue weighted by Gasteiger charge is 2.24. The van der Waals surface area contributed by atoms with E-state index in [9.17, 15) is 4.79 Å². The van der Waals surface area contributed by atoms with Crippen molar-refractivity contribution in [3.8, 4) is 0 Å². The van der Waals surface area contributed by atoms with Crippen LogP contribution in [0.3, 0.4) is 0 Å². The van der Waals surface area contributed by atoms with Crippen LogP contribution in [0.15, 0.2) is 11.6 Å². The summed E-state index contributed by atoms with van der Waals surface area (Å²) in [5.74, 6) is 0.428. The molecule has 1 saturated heterocycles. The normalized spacial score (nSPS) is 22.1. The van der Waals surface area contributed by atoms with E-state index in [0.717, 1.165) is 19.5 Å². The molecular formula is C10H14N2O2S. The van der Waals surface area contributed by atoms with Crippen LogP contribution in [0.5, 0.6) is 0 Å². The molecule has 0 radical (unpaired) electrons. The molecule has 0 aliphatic carbocycles. The van der Waals surface area contributed by atoms with Gasteiger partial charge in [-0.15, -0.1) is 11.3 Å². The molecule has 1 N–H and O–H groups in total. The Hall–Kier alpha value is -0.780. The highest BCUT2D eigenvalue weighted by atomic mass is 32.1. The molecular weight excluding hydrogens is 212 g/mol. The first kappa shape index (κ1) is 10.7. The summed E-state index contributed by atoms with van der Waals surface area (Å²) in [6, 6.07) is 0. The number of rotatable bonds is 4. The van der Waals surface area contributed by atoms with Gasteiger partial charge in [0, 0.05) is 24.7 Å². The summed E-state index contributed by atoms with van der Waals surface area (Å²) in [6.45, 7) is 2.39. The van der Waals surface area contributed by atoms with Crippen molar-refractivity contribution < 1.29 is 9.90 Å². The van der Waals surface area contributed by atoms with Crippen LogP contribution in [-0.4, -0.2) is 47.0 Å². The van der Waals surface area contributed by atoms with Crippen molar-refractivity contribution in [3.63, 3.8) is 0 Å². The van der Waals surface area contributed by atoms with Crippen LogP contribution in [0.25, 0.3) is 0 Å². The summed E-state index contributed by atoms with van der Waals surface area (Å²) in [5.41, 5.74) is 0. The van der Waals surface area contributed by atoms with E-state index in [1.807, 2.05) is 5.38 Å². The lowest BCUT2D eigenvalue weighted by molar-refractivity contribution is 0.0940. The van der Waals surface area contributed by atoms with Crippen LogP contribution < -0.4 is 0 Å². The molecule has 15 heavy (non-hydrogen) atoms. The van der Waals surface area contributed by atoms with Crippen LogP contribution in [0.2, 0.25) is 0 Å². The monoisotopic (exact) mass is 226 g/mol. The van der Waals surface area contributed by atoms with Crippen molar-refractivity contribution in [1.29, 1.82) is 0 Å². The number of carbonyl (C=O) groups excluding carboxylic acids is 1. The van der Waals surface area contributed by atoms with Crippen LogP contribution in [0.1, 0.15) is 16.2 Å². The number of nitrogens with zero attached hydrogens (tertiary/aromatic N) is 2. The van der Waals surface area contributed by atoms with Gasteiger partial charge in [0.05, 0.1) is 6.54 Å². The van der Waals surface area contributed by atoms with E-state index in [2.05, 4.69) is 9.88 Å². The predicted octanol–water partition coefficient (Wildman–Crippen LogP) is 0.640. The Labute approximate surface area is 92.6 Å². The SMILES string of the molecule is O=C(CN1CC[C@H](CO)C1)c1nccs1. The minimum Gasteiger partial charge on any atom is -0.396 e. The number of hydrogen-bond acceptors (Lipinski definition) is 5. The molecule has 2 rings (SSSR count). The maximum atomic E-state index is 11.7. The Morgan fingerprint density at radius 3 is 3.20 bits per heavy atom. The van der Waals surface area contributed by atoms with Crippen LogP contribution >= 0.6 is 11.3 Å². The Balaban J connectivity index is 1.86. The van der Waals surface area contributed by atoms with Crippen LogP contribution in [-0.2, 0) is 0 Å². The van der Waals surface area contributed by atoms with Crippen LogP contribution in [0.4, 0.5) is 0 Å². The van der Waals surface area contributed by atoms with Crippen molar-refractivity contribution in [3.05, 3.63) is 16.6 Å². The predicted molar refractivity (Wildman–Crippen MR) is 58.1 cm³/mol. The maximum Gasteiger partial charge on any atom is 0.205 e. The first-order valence-electron chi connectivity index (χ1n) is 5.05. The summed E-state index contributed by atoms with van der Waals surface area (Å²) < 4.78 is 0. The second-order valence-electron chi connectivity index (χ2n) is 3.83. The second kappa shape index (κ2) is 4.83. The lowest BCUT2D eigenvalue weighted by atomic mass is 10.1. The zero-order chi connectivity index (χ0) is 10.7. The molecule has 0 unspecified atom stereocenters. The number of hydrogen-bond donors (Lipinski definition) is 1. The van der Waals surface area contributed by atoms with Gasteiger partial charge >= 0.3 is 0 Å².